The third kappa shape index (κ3) is 3.54. The lowest BCUT2D eigenvalue weighted by atomic mass is 10.1. The average molecular weight is 311 g/mol. The van der Waals surface area contributed by atoms with Crippen molar-refractivity contribution in [1.82, 2.24) is 5.32 Å². The zero-order chi connectivity index (χ0) is 16.2. The van der Waals surface area contributed by atoms with Crippen LogP contribution in [-0.2, 0) is 4.79 Å². The second-order valence-corrected chi connectivity index (χ2v) is 5.86. The zero-order valence-corrected chi connectivity index (χ0v) is 13.1. The second-order valence-electron chi connectivity index (χ2n) is 5.86. The molecule has 0 bridgehead atoms. The predicted molar refractivity (Wildman–Crippen MR) is 88.3 cm³/mol. The van der Waals surface area contributed by atoms with Crippen LogP contribution in [-0.4, -0.2) is 24.7 Å². The second kappa shape index (κ2) is 6.84. The number of ether oxygens (including phenoxy) is 1. The van der Waals surface area contributed by atoms with E-state index in [1.54, 1.807) is 7.11 Å². The van der Waals surface area contributed by atoms with E-state index in [0.29, 0.717) is 0 Å². The van der Waals surface area contributed by atoms with Crippen molar-refractivity contribution in [2.24, 2.45) is 5.92 Å². The van der Waals surface area contributed by atoms with Crippen molar-refractivity contribution in [1.29, 1.82) is 0 Å². The highest BCUT2D eigenvalue weighted by Gasteiger charge is 2.45. The summed E-state index contributed by atoms with van der Waals surface area (Å²) < 4.78 is 5.36. The number of amides is 1. The maximum absolute atomic E-state index is 12.3. The highest BCUT2D eigenvalue weighted by atomic mass is 16.5. The standard InChI is InChI=1S/C19H21NO3/c1-23-18-10-6-5-9-14(18)15-11-16(15)19(22)20-12-17(21)13-7-3-2-4-8-13/h2-10,15-17,21H,11-12H2,1H3,(H,20,22)/t15-,16+,17?/m0/s1. The molecule has 0 radical (unpaired) electrons. The Balaban J connectivity index is 1.55. The molecule has 0 spiro atoms. The summed E-state index contributed by atoms with van der Waals surface area (Å²) in [7, 11) is 1.65. The molecular formula is C19H21NO3. The molecular weight excluding hydrogens is 290 g/mol. The van der Waals surface area contributed by atoms with Crippen LogP contribution in [0.4, 0.5) is 0 Å². The number of aliphatic hydroxyl groups is 1. The summed E-state index contributed by atoms with van der Waals surface area (Å²) in [6.07, 6.45) is 0.150. The number of hydrogen-bond acceptors (Lipinski definition) is 3. The van der Waals surface area contributed by atoms with Crippen molar-refractivity contribution >= 4 is 5.91 Å². The number of hydrogen-bond donors (Lipinski definition) is 2. The first-order valence-electron chi connectivity index (χ1n) is 7.84. The Hall–Kier alpha value is -2.33. The molecule has 4 nitrogen and oxygen atoms in total. The van der Waals surface area contributed by atoms with Gasteiger partial charge in [-0.1, -0.05) is 48.5 Å². The molecule has 1 fully saturated rings. The minimum atomic E-state index is -0.677. The number of carbonyl (C=O) groups is 1. The molecule has 0 saturated heterocycles. The van der Waals surface area contributed by atoms with Gasteiger partial charge in [0.25, 0.3) is 0 Å². The van der Waals surface area contributed by atoms with Crippen molar-refractivity contribution in [3.05, 3.63) is 65.7 Å². The van der Waals surface area contributed by atoms with E-state index < -0.39 is 6.10 Å². The van der Waals surface area contributed by atoms with Crippen LogP contribution in [0.5, 0.6) is 5.75 Å². The molecule has 1 aliphatic rings. The van der Waals surface area contributed by atoms with Crippen molar-refractivity contribution in [2.45, 2.75) is 18.4 Å². The molecule has 1 amide bonds. The maximum atomic E-state index is 12.3. The van der Waals surface area contributed by atoms with E-state index in [0.717, 1.165) is 23.3 Å². The minimum Gasteiger partial charge on any atom is -0.496 e. The summed E-state index contributed by atoms with van der Waals surface area (Å²) in [6.45, 7) is 0.234. The van der Waals surface area contributed by atoms with Crippen LogP contribution in [0.1, 0.15) is 29.6 Å². The number of rotatable bonds is 6. The molecule has 4 heteroatoms. The van der Waals surface area contributed by atoms with Gasteiger partial charge in [0.2, 0.25) is 5.91 Å². The summed E-state index contributed by atoms with van der Waals surface area (Å²) >= 11 is 0. The van der Waals surface area contributed by atoms with Crippen molar-refractivity contribution < 1.29 is 14.6 Å². The number of aliphatic hydroxyl groups excluding tert-OH is 1. The molecule has 0 aliphatic heterocycles. The van der Waals surface area contributed by atoms with Gasteiger partial charge in [0.05, 0.1) is 13.2 Å². The van der Waals surface area contributed by atoms with Crippen molar-refractivity contribution in [2.75, 3.05) is 13.7 Å². The Kier molecular flexibility index (Phi) is 4.63. The third-order valence-electron chi connectivity index (χ3n) is 4.32. The van der Waals surface area contributed by atoms with E-state index in [1.807, 2.05) is 54.6 Å². The zero-order valence-electron chi connectivity index (χ0n) is 13.1. The van der Waals surface area contributed by atoms with Crippen LogP contribution < -0.4 is 10.1 Å². The van der Waals surface area contributed by atoms with E-state index >= 15 is 0 Å². The van der Waals surface area contributed by atoms with Gasteiger partial charge in [0, 0.05) is 12.5 Å². The Labute approximate surface area is 136 Å². The summed E-state index contributed by atoms with van der Waals surface area (Å²) in [5.41, 5.74) is 1.89. The molecule has 0 aromatic heterocycles. The first-order chi connectivity index (χ1) is 11.2. The number of nitrogens with one attached hydrogen (secondary N) is 1. The molecule has 2 aromatic carbocycles. The molecule has 120 valence electrons. The van der Waals surface area contributed by atoms with Gasteiger partial charge in [-0.2, -0.15) is 0 Å². The fourth-order valence-electron chi connectivity index (χ4n) is 2.92. The summed E-state index contributed by atoms with van der Waals surface area (Å²) in [6, 6.07) is 17.2. The number of benzene rings is 2. The van der Waals surface area contributed by atoms with Crippen LogP contribution in [0.15, 0.2) is 54.6 Å². The predicted octanol–water partition coefficient (Wildman–Crippen LogP) is 2.65. The number of methoxy groups -OCH3 is 1. The normalized spacial score (nSPS) is 20.6. The molecule has 2 N–H and O–H groups in total. The Morgan fingerprint density at radius 1 is 1.22 bits per heavy atom. The van der Waals surface area contributed by atoms with E-state index in [-0.39, 0.29) is 24.3 Å². The fourth-order valence-corrected chi connectivity index (χ4v) is 2.92. The quantitative estimate of drug-likeness (QED) is 0.862. The molecule has 1 saturated carbocycles. The third-order valence-corrected chi connectivity index (χ3v) is 4.32. The van der Waals surface area contributed by atoms with Crippen molar-refractivity contribution in [3.8, 4) is 5.75 Å². The molecule has 2 aromatic rings. The van der Waals surface area contributed by atoms with Gasteiger partial charge in [-0.05, 0) is 29.5 Å². The van der Waals surface area contributed by atoms with E-state index in [9.17, 15) is 9.90 Å². The van der Waals surface area contributed by atoms with Crippen LogP contribution in [0.3, 0.4) is 0 Å². The van der Waals surface area contributed by atoms with Gasteiger partial charge < -0.3 is 15.2 Å². The largest absolute Gasteiger partial charge is 0.496 e. The first-order valence-corrected chi connectivity index (χ1v) is 7.84. The molecule has 1 aliphatic carbocycles. The van der Waals surface area contributed by atoms with E-state index in [4.69, 9.17) is 4.74 Å². The maximum Gasteiger partial charge on any atom is 0.223 e. The van der Waals surface area contributed by atoms with Gasteiger partial charge in [0.1, 0.15) is 5.75 Å². The van der Waals surface area contributed by atoms with Gasteiger partial charge >= 0.3 is 0 Å². The van der Waals surface area contributed by atoms with Crippen LogP contribution in [0.25, 0.3) is 0 Å². The van der Waals surface area contributed by atoms with Gasteiger partial charge in [0.15, 0.2) is 0 Å². The minimum absolute atomic E-state index is 0.00381. The monoisotopic (exact) mass is 311 g/mol. The Bertz CT molecular complexity index is 671. The van der Waals surface area contributed by atoms with Crippen molar-refractivity contribution in [3.63, 3.8) is 0 Å². The van der Waals surface area contributed by atoms with Gasteiger partial charge in [-0.25, -0.2) is 0 Å². The molecule has 3 atom stereocenters. The topological polar surface area (TPSA) is 58.6 Å². The van der Waals surface area contributed by atoms with Gasteiger partial charge in [-0.15, -0.1) is 0 Å². The highest BCUT2D eigenvalue weighted by Crippen LogP contribution is 2.50. The Morgan fingerprint density at radius 2 is 1.91 bits per heavy atom. The molecule has 23 heavy (non-hydrogen) atoms. The Morgan fingerprint density at radius 3 is 2.65 bits per heavy atom. The first kappa shape index (κ1) is 15.6. The van der Waals surface area contributed by atoms with Gasteiger partial charge in [-0.3, -0.25) is 4.79 Å². The lowest BCUT2D eigenvalue weighted by molar-refractivity contribution is -0.122. The van der Waals surface area contributed by atoms with Crippen LogP contribution in [0.2, 0.25) is 0 Å². The van der Waals surface area contributed by atoms with Crippen LogP contribution in [0, 0.1) is 5.92 Å². The van der Waals surface area contributed by atoms with Crippen LogP contribution >= 0.6 is 0 Å². The highest BCUT2D eigenvalue weighted by molar-refractivity contribution is 5.83. The summed E-state index contributed by atoms with van der Waals surface area (Å²) in [5, 5.41) is 13.0. The molecule has 3 rings (SSSR count). The smallest absolute Gasteiger partial charge is 0.223 e. The average Bonchev–Trinajstić information content (AvgIpc) is 3.40. The molecule has 1 unspecified atom stereocenters. The number of carbonyl (C=O) groups excluding carboxylic acids is 1. The molecule has 0 heterocycles. The lowest BCUT2D eigenvalue weighted by Crippen LogP contribution is -2.30. The van der Waals surface area contributed by atoms with E-state index in [2.05, 4.69) is 5.32 Å². The SMILES string of the molecule is COc1ccccc1[C@@H]1C[C@H]1C(=O)NCC(O)c1ccccc1. The van der Waals surface area contributed by atoms with E-state index in [1.165, 1.54) is 0 Å². The lowest BCUT2D eigenvalue weighted by Gasteiger charge is -2.12. The fraction of sp³-hybridized carbons (Fsp3) is 0.316. The summed E-state index contributed by atoms with van der Waals surface area (Å²) in [5.74, 6) is 1.00. The number of para-hydroxylation sites is 1. The summed E-state index contributed by atoms with van der Waals surface area (Å²) in [4.78, 5) is 12.3.